The Balaban J connectivity index is 1.64. The fourth-order valence-electron chi connectivity index (χ4n) is 2.76. The first kappa shape index (κ1) is 18.2. The Hall–Kier alpha value is -2.62. The van der Waals surface area contributed by atoms with Crippen LogP contribution in [0, 0.1) is 11.3 Å². The number of amides is 1. The molecule has 0 radical (unpaired) electrons. The Morgan fingerprint density at radius 2 is 2.35 bits per heavy atom. The molecule has 0 aliphatic carbocycles. The Labute approximate surface area is 157 Å². The predicted molar refractivity (Wildman–Crippen MR) is 98.4 cm³/mol. The molecule has 1 aliphatic rings. The van der Waals surface area contributed by atoms with Crippen molar-refractivity contribution in [2.24, 2.45) is 0 Å². The van der Waals surface area contributed by atoms with E-state index in [2.05, 4.69) is 10.4 Å². The number of halogens is 1. The van der Waals surface area contributed by atoms with Crippen molar-refractivity contribution in [1.29, 1.82) is 5.26 Å². The highest BCUT2D eigenvalue weighted by Gasteiger charge is 2.17. The van der Waals surface area contributed by atoms with E-state index in [9.17, 15) is 10.1 Å². The molecule has 2 heterocycles. The lowest BCUT2D eigenvalue weighted by atomic mass is 10.2. The third-order valence-corrected chi connectivity index (χ3v) is 4.50. The molecule has 1 unspecified atom stereocenters. The molecule has 1 saturated heterocycles. The van der Waals surface area contributed by atoms with Gasteiger partial charge in [-0.05, 0) is 30.5 Å². The highest BCUT2D eigenvalue weighted by molar-refractivity contribution is 6.31. The zero-order valence-corrected chi connectivity index (χ0v) is 14.9. The van der Waals surface area contributed by atoms with Gasteiger partial charge in [0.1, 0.15) is 11.6 Å². The molecule has 1 amide bonds. The average molecular weight is 371 g/mol. The molecule has 2 aromatic rings. The minimum absolute atomic E-state index is 0.0391. The molecule has 1 atom stereocenters. The Morgan fingerprint density at radius 1 is 1.50 bits per heavy atom. The van der Waals surface area contributed by atoms with E-state index < -0.39 is 5.91 Å². The molecule has 1 aromatic carbocycles. The molecular formula is C19H19ClN4O2. The Morgan fingerprint density at radius 3 is 3.08 bits per heavy atom. The summed E-state index contributed by atoms with van der Waals surface area (Å²) in [5.41, 5.74) is 1.67. The third kappa shape index (κ3) is 4.72. The first-order valence-electron chi connectivity index (χ1n) is 8.43. The van der Waals surface area contributed by atoms with Crippen molar-refractivity contribution >= 4 is 23.6 Å². The lowest BCUT2D eigenvalue weighted by Gasteiger charge is -2.09. The number of nitrogens with one attached hydrogen (secondary N) is 1. The number of hydrogen-bond acceptors (Lipinski definition) is 4. The molecule has 26 heavy (non-hydrogen) atoms. The van der Waals surface area contributed by atoms with Crippen LogP contribution in [0.3, 0.4) is 0 Å². The lowest BCUT2D eigenvalue weighted by molar-refractivity contribution is -0.117. The minimum Gasteiger partial charge on any atom is -0.376 e. The first-order valence-corrected chi connectivity index (χ1v) is 8.81. The number of hydrogen-bond donors (Lipinski definition) is 1. The summed E-state index contributed by atoms with van der Waals surface area (Å²) in [5, 5.41) is 17.0. The monoisotopic (exact) mass is 370 g/mol. The average Bonchev–Trinajstić information content (AvgIpc) is 3.31. The summed E-state index contributed by atoms with van der Waals surface area (Å²) in [5.74, 6) is -0.401. The Bertz CT molecular complexity index is 847. The van der Waals surface area contributed by atoms with Crippen molar-refractivity contribution in [3.05, 3.63) is 58.4 Å². The van der Waals surface area contributed by atoms with Crippen LogP contribution in [0.2, 0.25) is 5.02 Å². The van der Waals surface area contributed by atoms with Crippen LogP contribution in [-0.2, 0) is 16.1 Å². The van der Waals surface area contributed by atoms with Crippen molar-refractivity contribution in [3.63, 3.8) is 0 Å². The fourth-order valence-corrected chi connectivity index (χ4v) is 2.96. The third-order valence-electron chi connectivity index (χ3n) is 4.13. The van der Waals surface area contributed by atoms with Crippen LogP contribution in [-0.4, -0.2) is 34.9 Å². The maximum absolute atomic E-state index is 12.2. The zero-order valence-electron chi connectivity index (χ0n) is 14.2. The number of ether oxygens (including phenoxy) is 1. The van der Waals surface area contributed by atoms with Gasteiger partial charge in [0.15, 0.2) is 0 Å². The van der Waals surface area contributed by atoms with Crippen molar-refractivity contribution in [3.8, 4) is 6.07 Å². The van der Waals surface area contributed by atoms with Gasteiger partial charge in [0.25, 0.3) is 5.91 Å². The van der Waals surface area contributed by atoms with E-state index in [0.717, 1.165) is 25.0 Å². The number of nitrogens with zero attached hydrogens (tertiary/aromatic N) is 3. The number of rotatable bonds is 6. The minimum atomic E-state index is -0.401. The molecule has 1 aliphatic heterocycles. The van der Waals surface area contributed by atoms with E-state index in [1.807, 2.05) is 30.3 Å². The molecular weight excluding hydrogens is 352 g/mol. The number of benzene rings is 1. The van der Waals surface area contributed by atoms with E-state index in [1.54, 1.807) is 17.1 Å². The molecule has 0 saturated carbocycles. The van der Waals surface area contributed by atoms with Crippen LogP contribution >= 0.6 is 11.6 Å². The maximum Gasteiger partial charge on any atom is 0.262 e. The van der Waals surface area contributed by atoms with E-state index >= 15 is 0 Å². The molecule has 1 fully saturated rings. The second-order valence-electron chi connectivity index (χ2n) is 6.08. The van der Waals surface area contributed by atoms with Gasteiger partial charge in [-0.15, -0.1) is 0 Å². The summed E-state index contributed by atoms with van der Waals surface area (Å²) in [6.07, 6.45) is 6.89. The van der Waals surface area contributed by atoms with Crippen molar-refractivity contribution in [1.82, 2.24) is 15.1 Å². The SMILES string of the molecule is N#C/C(=C\c1cnn(Cc2ccccc2Cl)c1)C(=O)NCC1CCCO1. The van der Waals surface area contributed by atoms with E-state index in [0.29, 0.717) is 23.7 Å². The highest BCUT2D eigenvalue weighted by Crippen LogP contribution is 2.16. The fraction of sp³-hybridized carbons (Fsp3) is 0.316. The summed E-state index contributed by atoms with van der Waals surface area (Å²) in [4.78, 5) is 12.2. The number of aromatic nitrogens is 2. The van der Waals surface area contributed by atoms with E-state index in [1.165, 1.54) is 6.08 Å². The van der Waals surface area contributed by atoms with Crippen LogP contribution in [0.5, 0.6) is 0 Å². The Kier molecular flexibility index (Phi) is 6.05. The van der Waals surface area contributed by atoms with Gasteiger partial charge in [-0.25, -0.2) is 0 Å². The van der Waals surface area contributed by atoms with Crippen molar-refractivity contribution in [2.75, 3.05) is 13.2 Å². The van der Waals surface area contributed by atoms with Gasteiger partial charge in [0.2, 0.25) is 0 Å². The summed E-state index contributed by atoms with van der Waals surface area (Å²) in [6.45, 7) is 1.66. The van der Waals surface area contributed by atoms with Gasteiger partial charge in [-0.2, -0.15) is 10.4 Å². The van der Waals surface area contributed by atoms with E-state index in [-0.39, 0.29) is 11.7 Å². The standard InChI is InChI=1S/C19H19ClN4O2/c20-18-6-2-1-4-15(18)13-24-12-14(10-23-24)8-16(9-21)19(25)22-11-17-5-3-7-26-17/h1-2,4,6,8,10,12,17H,3,5,7,11,13H2,(H,22,25)/b16-8+. The molecule has 3 rings (SSSR count). The van der Waals surface area contributed by atoms with Gasteiger partial charge in [-0.3, -0.25) is 9.48 Å². The first-order chi connectivity index (χ1) is 12.7. The van der Waals surface area contributed by atoms with Gasteiger partial charge >= 0.3 is 0 Å². The van der Waals surface area contributed by atoms with Crippen LogP contribution in [0.25, 0.3) is 6.08 Å². The molecule has 134 valence electrons. The number of carbonyl (C=O) groups excluding carboxylic acids is 1. The summed E-state index contributed by atoms with van der Waals surface area (Å²) in [6, 6.07) is 9.49. The van der Waals surface area contributed by atoms with Crippen molar-refractivity contribution in [2.45, 2.75) is 25.5 Å². The molecule has 0 bridgehead atoms. The molecule has 1 aromatic heterocycles. The molecule has 6 nitrogen and oxygen atoms in total. The smallest absolute Gasteiger partial charge is 0.262 e. The summed E-state index contributed by atoms with van der Waals surface area (Å²) < 4.78 is 7.18. The second-order valence-corrected chi connectivity index (χ2v) is 6.48. The van der Waals surface area contributed by atoms with Gasteiger partial charge in [0, 0.05) is 29.9 Å². The number of carbonyl (C=O) groups is 1. The maximum atomic E-state index is 12.2. The van der Waals surface area contributed by atoms with E-state index in [4.69, 9.17) is 16.3 Å². The molecule has 1 N–H and O–H groups in total. The quantitative estimate of drug-likeness (QED) is 0.626. The number of nitriles is 1. The van der Waals surface area contributed by atoms with Crippen molar-refractivity contribution < 1.29 is 9.53 Å². The topological polar surface area (TPSA) is 79.9 Å². The lowest BCUT2D eigenvalue weighted by Crippen LogP contribution is -2.32. The van der Waals surface area contributed by atoms with Crippen LogP contribution in [0.4, 0.5) is 0 Å². The summed E-state index contributed by atoms with van der Waals surface area (Å²) >= 11 is 6.16. The predicted octanol–water partition coefficient (Wildman–Crippen LogP) is 2.79. The largest absolute Gasteiger partial charge is 0.376 e. The van der Waals surface area contributed by atoms with Gasteiger partial charge < -0.3 is 10.1 Å². The van der Waals surface area contributed by atoms with Crippen LogP contribution < -0.4 is 5.32 Å². The second kappa shape index (κ2) is 8.65. The van der Waals surface area contributed by atoms with Crippen LogP contribution in [0.15, 0.2) is 42.2 Å². The zero-order chi connectivity index (χ0) is 18.4. The summed E-state index contributed by atoms with van der Waals surface area (Å²) in [7, 11) is 0. The van der Waals surface area contributed by atoms with Gasteiger partial charge in [-0.1, -0.05) is 29.8 Å². The van der Waals surface area contributed by atoms with Crippen LogP contribution in [0.1, 0.15) is 24.0 Å². The normalized spacial score (nSPS) is 17.1. The molecule has 0 spiro atoms. The van der Waals surface area contributed by atoms with Gasteiger partial charge in [0.05, 0.1) is 18.8 Å². The molecule has 7 heteroatoms. The highest BCUT2D eigenvalue weighted by atomic mass is 35.5.